The number of nitrogens with zero attached hydrogens (tertiary/aromatic N) is 4. The molecule has 0 amide bonds. The van der Waals surface area contributed by atoms with E-state index in [1.165, 1.54) is 11.9 Å². The average Bonchev–Trinajstić information content (AvgIpc) is 2.55. The molecule has 0 aliphatic heterocycles. The Bertz CT molecular complexity index is 590. The minimum atomic E-state index is 0.505. The zero-order valence-corrected chi connectivity index (χ0v) is 12.8. The number of methoxy groups -OCH3 is 1. The lowest BCUT2D eigenvalue weighted by Gasteiger charge is -2.13. The number of rotatable bonds is 6. The van der Waals surface area contributed by atoms with Crippen LogP contribution in [-0.2, 0) is 19.3 Å². The van der Waals surface area contributed by atoms with E-state index in [0.717, 1.165) is 30.7 Å². The van der Waals surface area contributed by atoms with E-state index in [0.29, 0.717) is 23.9 Å². The van der Waals surface area contributed by atoms with Crippen molar-refractivity contribution in [3.8, 4) is 17.4 Å². The van der Waals surface area contributed by atoms with Crippen molar-refractivity contribution in [2.45, 2.75) is 33.1 Å². The fourth-order valence-electron chi connectivity index (χ4n) is 2.29. The molecule has 2 aromatic rings. The maximum atomic E-state index is 5.70. The number of aryl methyl sites for hydroxylation is 2. The summed E-state index contributed by atoms with van der Waals surface area (Å²) in [5.74, 6) is 1.12. The van der Waals surface area contributed by atoms with E-state index in [1.807, 2.05) is 0 Å². The highest BCUT2D eigenvalue weighted by Gasteiger charge is 2.14. The highest BCUT2D eigenvalue weighted by molar-refractivity contribution is 5.51. The smallest absolute Gasteiger partial charge is 0.216 e. The number of nitrogens with two attached hydrogens (primary N) is 1. The lowest BCUT2D eigenvalue weighted by atomic mass is 10.0. The molecule has 6 heteroatoms. The summed E-state index contributed by atoms with van der Waals surface area (Å²) in [6.07, 6.45) is 3.96. The Morgan fingerprint density at radius 1 is 1.10 bits per heavy atom. The van der Waals surface area contributed by atoms with Gasteiger partial charge in [-0.2, -0.15) is 0 Å². The van der Waals surface area contributed by atoms with Gasteiger partial charge in [-0.1, -0.05) is 13.8 Å². The van der Waals surface area contributed by atoms with E-state index >= 15 is 0 Å². The fraction of sp³-hybridized carbons (Fsp3) is 0.467. The summed E-state index contributed by atoms with van der Waals surface area (Å²) in [6, 6.07) is 1.75. The number of hydrogen-bond donors (Lipinski definition) is 1. The van der Waals surface area contributed by atoms with E-state index < -0.39 is 0 Å². The lowest BCUT2D eigenvalue weighted by Crippen LogP contribution is -2.12. The number of aromatic nitrogens is 4. The molecule has 0 radical (unpaired) electrons. The Hall–Kier alpha value is -2.08. The minimum absolute atomic E-state index is 0.505. The first-order valence-electron chi connectivity index (χ1n) is 7.18. The van der Waals surface area contributed by atoms with E-state index in [1.54, 1.807) is 13.2 Å². The molecule has 112 valence electrons. The Morgan fingerprint density at radius 3 is 2.29 bits per heavy atom. The van der Waals surface area contributed by atoms with Crippen LogP contribution in [0.15, 0.2) is 12.4 Å². The highest BCUT2D eigenvalue weighted by Crippen LogP contribution is 2.21. The molecule has 0 fully saturated rings. The van der Waals surface area contributed by atoms with Gasteiger partial charge in [-0.25, -0.2) is 19.9 Å². The molecule has 0 aromatic carbocycles. The molecule has 0 aliphatic rings. The van der Waals surface area contributed by atoms with Gasteiger partial charge >= 0.3 is 0 Å². The molecule has 21 heavy (non-hydrogen) atoms. The third-order valence-electron chi connectivity index (χ3n) is 3.32. The van der Waals surface area contributed by atoms with Crippen LogP contribution in [0.5, 0.6) is 5.88 Å². The van der Waals surface area contributed by atoms with E-state index in [-0.39, 0.29) is 0 Å². The van der Waals surface area contributed by atoms with Crippen molar-refractivity contribution in [3.63, 3.8) is 0 Å². The Balaban J connectivity index is 2.53. The van der Waals surface area contributed by atoms with Crippen LogP contribution in [0.1, 0.15) is 30.8 Å². The molecule has 2 rings (SSSR count). The van der Waals surface area contributed by atoms with Gasteiger partial charge in [0.05, 0.1) is 7.11 Å². The van der Waals surface area contributed by atoms with Crippen molar-refractivity contribution in [3.05, 3.63) is 29.3 Å². The third-order valence-corrected chi connectivity index (χ3v) is 3.32. The second-order valence-electron chi connectivity index (χ2n) is 4.61. The number of ether oxygens (including phenoxy) is 1. The van der Waals surface area contributed by atoms with Gasteiger partial charge in [-0.15, -0.1) is 0 Å². The summed E-state index contributed by atoms with van der Waals surface area (Å²) in [6.45, 7) is 4.78. The predicted molar refractivity (Wildman–Crippen MR) is 81.1 cm³/mol. The van der Waals surface area contributed by atoms with Crippen molar-refractivity contribution in [2.24, 2.45) is 5.73 Å². The molecule has 0 saturated carbocycles. The summed E-state index contributed by atoms with van der Waals surface area (Å²) in [5, 5.41) is 0. The van der Waals surface area contributed by atoms with E-state index in [2.05, 4.69) is 33.8 Å². The summed E-state index contributed by atoms with van der Waals surface area (Å²) >= 11 is 0. The summed E-state index contributed by atoms with van der Waals surface area (Å²) in [4.78, 5) is 17.6. The van der Waals surface area contributed by atoms with Crippen LogP contribution in [0, 0.1) is 0 Å². The van der Waals surface area contributed by atoms with Crippen LogP contribution >= 0.6 is 0 Å². The summed E-state index contributed by atoms with van der Waals surface area (Å²) in [5.41, 5.74) is 9.63. The molecule has 2 heterocycles. The van der Waals surface area contributed by atoms with Gasteiger partial charge in [0.15, 0.2) is 5.82 Å². The van der Waals surface area contributed by atoms with Crippen molar-refractivity contribution in [1.29, 1.82) is 0 Å². The van der Waals surface area contributed by atoms with E-state index in [9.17, 15) is 0 Å². The Morgan fingerprint density at radius 2 is 1.76 bits per heavy atom. The standard InChI is InChI=1S/C15H21N5O/c1-4-11-10(6-7-16)12(5-2)20-15(19-11)13-8-14(21-3)18-9-17-13/h8-9H,4-7,16H2,1-3H3. The topological polar surface area (TPSA) is 86.8 Å². The predicted octanol–water partition coefficient (Wildman–Crippen LogP) is 1.57. The first-order chi connectivity index (χ1) is 10.2. The fourth-order valence-corrected chi connectivity index (χ4v) is 2.29. The number of hydrogen-bond acceptors (Lipinski definition) is 6. The molecule has 2 aromatic heterocycles. The van der Waals surface area contributed by atoms with Crippen LogP contribution in [-0.4, -0.2) is 33.6 Å². The van der Waals surface area contributed by atoms with Gasteiger partial charge in [0, 0.05) is 17.5 Å². The molecule has 0 bridgehead atoms. The lowest BCUT2D eigenvalue weighted by molar-refractivity contribution is 0.397. The SMILES string of the molecule is CCc1nc(-c2cc(OC)ncn2)nc(CC)c1CCN. The van der Waals surface area contributed by atoms with Gasteiger partial charge in [0.2, 0.25) is 5.88 Å². The van der Waals surface area contributed by atoms with Gasteiger partial charge in [0.25, 0.3) is 0 Å². The molecular formula is C15H21N5O. The quantitative estimate of drug-likeness (QED) is 0.867. The zero-order valence-electron chi connectivity index (χ0n) is 12.8. The molecule has 0 aliphatic carbocycles. The summed E-state index contributed by atoms with van der Waals surface area (Å²) in [7, 11) is 1.58. The van der Waals surface area contributed by atoms with Gasteiger partial charge in [-0.05, 0) is 31.4 Å². The normalized spacial score (nSPS) is 10.7. The van der Waals surface area contributed by atoms with Crippen LogP contribution in [0.25, 0.3) is 11.5 Å². The molecule has 0 unspecified atom stereocenters. The van der Waals surface area contributed by atoms with Crippen LogP contribution in [0.2, 0.25) is 0 Å². The molecule has 0 atom stereocenters. The first kappa shape index (κ1) is 15.3. The highest BCUT2D eigenvalue weighted by atomic mass is 16.5. The average molecular weight is 287 g/mol. The molecular weight excluding hydrogens is 266 g/mol. The maximum Gasteiger partial charge on any atom is 0.216 e. The molecule has 6 nitrogen and oxygen atoms in total. The van der Waals surface area contributed by atoms with Crippen molar-refractivity contribution < 1.29 is 4.74 Å². The maximum absolute atomic E-state index is 5.70. The Kier molecular flexibility index (Phi) is 5.16. The van der Waals surface area contributed by atoms with Gasteiger partial charge in [0.1, 0.15) is 12.0 Å². The molecule has 0 saturated heterocycles. The van der Waals surface area contributed by atoms with Gasteiger partial charge in [-0.3, -0.25) is 0 Å². The summed E-state index contributed by atoms with van der Waals surface area (Å²) < 4.78 is 5.13. The van der Waals surface area contributed by atoms with Crippen LogP contribution < -0.4 is 10.5 Å². The minimum Gasteiger partial charge on any atom is -0.481 e. The van der Waals surface area contributed by atoms with Crippen molar-refractivity contribution >= 4 is 0 Å². The largest absolute Gasteiger partial charge is 0.481 e. The van der Waals surface area contributed by atoms with Crippen molar-refractivity contribution in [2.75, 3.05) is 13.7 Å². The molecule has 0 spiro atoms. The Labute approximate surface area is 124 Å². The molecule has 2 N–H and O–H groups in total. The third kappa shape index (κ3) is 3.33. The van der Waals surface area contributed by atoms with E-state index in [4.69, 9.17) is 10.5 Å². The monoisotopic (exact) mass is 287 g/mol. The zero-order chi connectivity index (χ0) is 15.2. The van der Waals surface area contributed by atoms with Crippen molar-refractivity contribution in [1.82, 2.24) is 19.9 Å². The second-order valence-corrected chi connectivity index (χ2v) is 4.61. The van der Waals surface area contributed by atoms with Gasteiger partial charge < -0.3 is 10.5 Å². The second kappa shape index (κ2) is 7.08. The van der Waals surface area contributed by atoms with Crippen LogP contribution in [0.3, 0.4) is 0 Å². The van der Waals surface area contributed by atoms with Crippen LogP contribution in [0.4, 0.5) is 0 Å². The first-order valence-corrected chi connectivity index (χ1v) is 7.18.